The SMILES string of the molecule is C[C@@H]1O[C@@H](n2cnc3c(N)ncnc32)C[C@@H]1O. The van der Waals surface area contributed by atoms with E-state index in [1.165, 1.54) is 6.33 Å². The van der Waals surface area contributed by atoms with Gasteiger partial charge in [0.1, 0.15) is 18.1 Å². The Hall–Kier alpha value is -1.73. The van der Waals surface area contributed by atoms with Gasteiger partial charge in [-0.2, -0.15) is 0 Å². The van der Waals surface area contributed by atoms with Crippen LogP contribution in [0.15, 0.2) is 12.7 Å². The Morgan fingerprint density at radius 1 is 1.47 bits per heavy atom. The van der Waals surface area contributed by atoms with Crippen molar-refractivity contribution in [3.05, 3.63) is 12.7 Å². The molecule has 7 heteroatoms. The van der Waals surface area contributed by atoms with Crippen LogP contribution in [-0.2, 0) is 4.74 Å². The average molecular weight is 235 g/mol. The van der Waals surface area contributed by atoms with Crippen molar-refractivity contribution in [3.63, 3.8) is 0 Å². The molecule has 0 aromatic carbocycles. The molecule has 1 aliphatic heterocycles. The number of aromatic nitrogens is 4. The van der Waals surface area contributed by atoms with E-state index in [1.54, 1.807) is 10.9 Å². The number of ether oxygens (including phenoxy) is 1. The summed E-state index contributed by atoms with van der Waals surface area (Å²) >= 11 is 0. The molecule has 7 nitrogen and oxygen atoms in total. The first-order valence-electron chi connectivity index (χ1n) is 5.43. The molecule has 2 aromatic heterocycles. The van der Waals surface area contributed by atoms with Gasteiger partial charge in [-0.15, -0.1) is 0 Å². The van der Waals surface area contributed by atoms with Crippen LogP contribution in [0.1, 0.15) is 19.6 Å². The smallest absolute Gasteiger partial charge is 0.167 e. The molecule has 90 valence electrons. The van der Waals surface area contributed by atoms with E-state index >= 15 is 0 Å². The van der Waals surface area contributed by atoms with Crippen LogP contribution in [0.5, 0.6) is 0 Å². The number of rotatable bonds is 1. The van der Waals surface area contributed by atoms with Gasteiger partial charge in [-0.3, -0.25) is 4.57 Å². The topological polar surface area (TPSA) is 99.1 Å². The summed E-state index contributed by atoms with van der Waals surface area (Å²) in [6, 6.07) is 0. The summed E-state index contributed by atoms with van der Waals surface area (Å²) in [6.45, 7) is 1.84. The fraction of sp³-hybridized carbons (Fsp3) is 0.500. The molecular weight excluding hydrogens is 222 g/mol. The summed E-state index contributed by atoms with van der Waals surface area (Å²) in [4.78, 5) is 12.2. The normalized spacial score (nSPS) is 28.9. The van der Waals surface area contributed by atoms with Crippen LogP contribution in [0.25, 0.3) is 11.2 Å². The number of imidazole rings is 1. The molecule has 3 rings (SSSR count). The summed E-state index contributed by atoms with van der Waals surface area (Å²) in [6.07, 6.45) is 2.64. The zero-order chi connectivity index (χ0) is 12.0. The summed E-state index contributed by atoms with van der Waals surface area (Å²) < 4.78 is 7.42. The molecule has 0 saturated carbocycles. The van der Waals surface area contributed by atoms with E-state index in [0.29, 0.717) is 23.4 Å². The van der Waals surface area contributed by atoms with E-state index in [0.717, 1.165) is 0 Å². The highest BCUT2D eigenvalue weighted by atomic mass is 16.5. The van der Waals surface area contributed by atoms with Crippen LogP contribution < -0.4 is 5.73 Å². The summed E-state index contributed by atoms with van der Waals surface area (Å²) in [5.74, 6) is 0.348. The van der Waals surface area contributed by atoms with Crippen molar-refractivity contribution in [2.24, 2.45) is 0 Å². The molecule has 3 atom stereocenters. The molecule has 0 aliphatic carbocycles. The van der Waals surface area contributed by atoms with Crippen LogP contribution in [0, 0.1) is 0 Å². The lowest BCUT2D eigenvalue weighted by Crippen LogP contribution is -2.15. The number of aliphatic hydroxyl groups is 1. The Balaban J connectivity index is 2.04. The number of fused-ring (bicyclic) bond motifs is 1. The van der Waals surface area contributed by atoms with Gasteiger partial charge in [-0.25, -0.2) is 15.0 Å². The average Bonchev–Trinajstić information content (AvgIpc) is 2.85. The molecule has 0 radical (unpaired) electrons. The van der Waals surface area contributed by atoms with Crippen LogP contribution >= 0.6 is 0 Å². The Labute approximate surface area is 97.3 Å². The third-order valence-electron chi connectivity index (χ3n) is 3.05. The lowest BCUT2D eigenvalue weighted by atomic mass is 10.2. The van der Waals surface area contributed by atoms with Gasteiger partial charge < -0.3 is 15.6 Å². The third kappa shape index (κ3) is 1.55. The fourth-order valence-electron chi connectivity index (χ4n) is 2.05. The fourth-order valence-corrected chi connectivity index (χ4v) is 2.05. The van der Waals surface area contributed by atoms with Gasteiger partial charge in [0.2, 0.25) is 0 Å². The third-order valence-corrected chi connectivity index (χ3v) is 3.05. The van der Waals surface area contributed by atoms with E-state index in [2.05, 4.69) is 15.0 Å². The number of nitrogens with two attached hydrogens (primary N) is 1. The highest BCUT2D eigenvalue weighted by Crippen LogP contribution is 2.30. The predicted molar refractivity (Wildman–Crippen MR) is 59.9 cm³/mol. The van der Waals surface area contributed by atoms with Gasteiger partial charge in [0.25, 0.3) is 0 Å². The molecule has 0 spiro atoms. The van der Waals surface area contributed by atoms with Crippen molar-refractivity contribution in [1.29, 1.82) is 0 Å². The lowest BCUT2D eigenvalue weighted by molar-refractivity contribution is -0.00632. The largest absolute Gasteiger partial charge is 0.390 e. The molecule has 1 fully saturated rings. The summed E-state index contributed by atoms with van der Waals surface area (Å²) in [7, 11) is 0. The Bertz CT molecular complexity index is 545. The van der Waals surface area contributed by atoms with E-state index in [1.807, 2.05) is 6.92 Å². The van der Waals surface area contributed by atoms with Crippen molar-refractivity contribution in [1.82, 2.24) is 19.5 Å². The predicted octanol–water partition coefficient (Wildman–Crippen LogP) is 0.0768. The molecule has 1 saturated heterocycles. The van der Waals surface area contributed by atoms with Gasteiger partial charge in [-0.1, -0.05) is 0 Å². The van der Waals surface area contributed by atoms with Gasteiger partial charge in [0, 0.05) is 6.42 Å². The van der Waals surface area contributed by atoms with Crippen molar-refractivity contribution in [2.45, 2.75) is 31.8 Å². The van der Waals surface area contributed by atoms with Crippen molar-refractivity contribution in [3.8, 4) is 0 Å². The van der Waals surface area contributed by atoms with E-state index in [9.17, 15) is 5.11 Å². The zero-order valence-corrected chi connectivity index (χ0v) is 9.32. The van der Waals surface area contributed by atoms with E-state index < -0.39 is 6.10 Å². The molecule has 2 aromatic rings. The monoisotopic (exact) mass is 235 g/mol. The number of anilines is 1. The van der Waals surface area contributed by atoms with Gasteiger partial charge in [0.15, 0.2) is 11.5 Å². The number of nitrogen functional groups attached to an aromatic ring is 1. The lowest BCUT2D eigenvalue weighted by Gasteiger charge is -2.12. The zero-order valence-electron chi connectivity index (χ0n) is 9.32. The minimum atomic E-state index is -0.461. The minimum absolute atomic E-state index is 0.184. The molecular formula is C10H13N5O2. The van der Waals surface area contributed by atoms with Crippen molar-refractivity contribution >= 4 is 17.0 Å². The molecule has 1 aliphatic rings. The number of aliphatic hydroxyl groups excluding tert-OH is 1. The Morgan fingerprint density at radius 3 is 3.00 bits per heavy atom. The Kier molecular flexibility index (Phi) is 2.23. The highest BCUT2D eigenvalue weighted by Gasteiger charge is 2.32. The van der Waals surface area contributed by atoms with Crippen LogP contribution in [0.2, 0.25) is 0 Å². The van der Waals surface area contributed by atoms with Crippen LogP contribution in [0.3, 0.4) is 0 Å². The summed E-state index contributed by atoms with van der Waals surface area (Å²) in [5.41, 5.74) is 6.89. The first kappa shape index (κ1) is 10.4. The van der Waals surface area contributed by atoms with Crippen molar-refractivity contribution < 1.29 is 9.84 Å². The van der Waals surface area contributed by atoms with Gasteiger partial charge >= 0.3 is 0 Å². The van der Waals surface area contributed by atoms with Gasteiger partial charge in [-0.05, 0) is 6.92 Å². The van der Waals surface area contributed by atoms with Crippen LogP contribution in [-0.4, -0.2) is 36.8 Å². The second kappa shape index (κ2) is 3.64. The maximum atomic E-state index is 9.68. The molecule has 3 N–H and O–H groups in total. The number of nitrogens with zero attached hydrogens (tertiary/aromatic N) is 4. The highest BCUT2D eigenvalue weighted by molar-refractivity contribution is 5.81. The quantitative estimate of drug-likeness (QED) is 0.726. The maximum absolute atomic E-state index is 9.68. The molecule has 3 heterocycles. The first-order chi connectivity index (χ1) is 8.16. The maximum Gasteiger partial charge on any atom is 0.167 e. The molecule has 0 amide bonds. The molecule has 0 bridgehead atoms. The minimum Gasteiger partial charge on any atom is -0.390 e. The van der Waals surface area contributed by atoms with Crippen molar-refractivity contribution in [2.75, 3.05) is 5.73 Å². The van der Waals surface area contributed by atoms with Gasteiger partial charge in [0.05, 0.1) is 18.5 Å². The second-order valence-electron chi connectivity index (χ2n) is 4.18. The first-order valence-corrected chi connectivity index (χ1v) is 5.43. The molecule has 0 unspecified atom stereocenters. The standard InChI is InChI=1S/C10H13N5O2/c1-5-6(16)2-7(17-5)15-4-14-8-9(11)12-3-13-10(8)15/h3-7,16H,2H2,1H3,(H2,11,12,13)/t5-,6-,7+/m0/s1. The number of hydrogen-bond donors (Lipinski definition) is 2. The van der Waals surface area contributed by atoms with Crippen LogP contribution in [0.4, 0.5) is 5.82 Å². The Morgan fingerprint density at radius 2 is 2.29 bits per heavy atom. The molecule has 17 heavy (non-hydrogen) atoms. The second-order valence-corrected chi connectivity index (χ2v) is 4.18. The number of hydrogen-bond acceptors (Lipinski definition) is 6. The summed E-state index contributed by atoms with van der Waals surface area (Å²) in [5, 5.41) is 9.68. The van der Waals surface area contributed by atoms with E-state index in [4.69, 9.17) is 10.5 Å². The van der Waals surface area contributed by atoms with E-state index in [-0.39, 0.29) is 12.3 Å².